The Morgan fingerprint density at radius 1 is 0.700 bits per heavy atom. The minimum Gasteiger partial charge on any atom is -0.496 e. The van der Waals surface area contributed by atoms with Crippen molar-refractivity contribution in [3.8, 4) is 22.6 Å². The average molecular weight is 441 g/mol. The largest absolute Gasteiger partial charge is 0.496 e. The minimum atomic E-state index is -0.0545. The van der Waals surface area contributed by atoms with Crippen LogP contribution >= 0.6 is 21.6 Å². The number of hydrogen-bond donors (Lipinski definition) is 0. The van der Waals surface area contributed by atoms with Crippen LogP contribution in [0, 0.1) is 0 Å². The predicted molar refractivity (Wildman–Crippen MR) is 124 cm³/mol. The van der Waals surface area contributed by atoms with Gasteiger partial charge in [0.25, 0.3) is 0 Å². The Morgan fingerprint density at radius 2 is 1.07 bits per heavy atom. The number of allylic oxidation sites excluding steroid dienone is 4. The first kappa shape index (κ1) is 22.2. The van der Waals surface area contributed by atoms with Gasteiger partial charge >= 0.3 is 0 Å². The molecule has 0 aromatic heterocycles. The lowest BCUT2D eigenvalue weighted by Gasteiger charge is -2.25. The predicted octanol–water partition coefficient (Wildman–Crippen LogP) is 6.78. The number of carbonyl (C=O) groups excluding carboxylic acids is 2. The molecule has 0 bridgehead atoms. The van der Waals surface area contributed by atoms with Gasteiger partial charge in [-0.1, -0.05) is 32.7 Å². The van der Waals surface area contributed by atoms with Gasteiger partial charge in [-0.2, -0.15) is 0 Å². The number of ether oxygens (including phenoxy) is 2. The molecule has 30 heavy (non-hydrogen) atoms. The summed E-state index contributed by atoms with van der Waals surface area (Å²) < 4.78 is 11.3. The van der Waals surface area contributed by atoms with E-state index in [2.05, 4.69) is 0 Å². The number of fused-ring (bicyclic) bond motifs is 3. The van der Waals surface area contributed by atoms with Crippen LogP contribution < -0.4 is 9.47 Å². The van der Waals surface area contributed by atoms with E-state index in [1.165, 1.54) is 21.6 Å². The van der Waals surface area contributed by atoms with Gasteiger partial charge in [-0.3, -0.25) is 9.59 Å². The van der Waals surface area contributed by atoms with Crippen molar-refractivity contribution in [1.82, 2.24) is 0 Å². The minimum absolute atomic E-state index is 0.0545. The molecule has 1 aliphatic rings. The monoisotopic (exact) mass is 440 g/mol. The molecular weight excluding hydrogens is 416 g/mol. The molecule has 0 N–H and O–H groups in total. The Morgan fingerprint density at radius 3 is 1.37 bits per heavy atom. The summed E-state index contributed by atoms with van der Waals surface area (Å²) in [5.74, 6) is 1.17. The molecule has 4 nitrogen and oxygen atoms in total. The molecule has 0 saturated heterocycles. The lowest BCUT2D eigenvalue weighted by molar-refractivity contribution is 0.103. The van der Waals surface area contributed by atoms with Gasteiger partial charge in [-0.25, -0.2) is 0 Å². The highest BCUT2D eigenvalue weighted by Gasteiger charge is 2.31. The van der Waals surface area contributed by atoms with Crippen molar-refractivity contribution in [1.29, 1.82) is 0 Å². The van der Waals surface area contributed by atoms with Gasteiger partial charge < -0.3 is 9.47 Å². The van der Waals surface area contributed by atoms with E-state index in [0.717, 1.165) is 32.1 Å². The molecule has 156 valence electrons. The van der Waals surface area contributed by atoms with Crippen LogP contribution in [-0.2, 0) is 0 Å². The number of ketones is 2. The first-order chi connectivity index (χ1) is 14.3. The van der Waals surface area contributed by atoms with Gasteiger partial charge in [0.2, 0.25) is 0 Å². The Kier molecular flexibility index (Phi) is 6.78. The van der Waals surface area contributed by atoms with Crippen LogP contribution in [0.2, 0.25) is 0 Å². The molecule has 0 radical (unpaired) electrons. The molecule has 6 heteroatoms. The molecule has 2 aromatic rings. The van der Waals surface area contributed by atoms with Gasteiger partial charge in [-0.05, 0) is 64.1 Å². The molecule has 0 atom stereocenters. The normalized spacial score (nSPS) is 11.7. The van der Waals surface area contributed by atoms with Crippen LogP contribution in [0.5, 0.6) is 11.5 Å². The van der Waals surface area contributed by atoms with Crippen LogP contribution in [0.3, 0.4) is 0 Å². The third-order valence-corrected chi connectivity index (χ3v) is 7.02. The van der Waals surface area contributed by atoms with Crippen molar-refractivity contribution >= 4 is 33.2 Å². The summed E-state index contributed by atoms with van der Waals surface area (Å²) >= 11 is 0. The summed E-state index contributed by atoms with van der Waals surface area (Å²) in [5, 5.41) is 0. The molecule has 0 saturated carbocycles. The standard InChI is InChI=1S/C24H24O4S2/c1-13(2)11-17(25)15-7-9-19(27-5)21-22-20(28-6)10-8-16(18(26)12-14(3)4)24(22)30-29-23(15)21/h7-12H,1-6H3. The quantitative estimate of drug-likeness (QED) is 0.280. The fourth-order valence-corrected chi connectivity index (χ4v) is 6.06. The number of benzene rings is 2. The second-order valence-electron chi connectivity index (χ2n) is 7.38. The third kappa shape index (κ3) is 4.20. The van der Waals surface area contributed by atoms with E-state index in [9.17, 15) is 9.59 Å². The molecular formula is C24H24O4S2. The fourth-order valence-electron chi connectivity index (χ4n) is 3.27. The smallest absolute Gasteiger partial charge is 0.186 e. The lowest BCUT2D eigenvalue weighted by atomic mass is 9.95. The van der Waals surface area contributed by atoms with Crippen molar-refractivity contribution in [2.75, 3.05) is 14.2 Å². The molecule has 0 unspecified atom stereocenters. The van der Waals surface area contributed by atoms with Crippen LogP contribution in [0.1, 0.15) is 48.4 Å². The van der Waals surface area contributed by atoms with Crippen LogP contribution in [0.25, 0.3) is 11.1 Å². The van der Waals surface area contributed by atoms with E-state index < -0.39 is 0 Å². The van der Waals surface area contributed by atoms with E-state index in [1.807, 2.05) is 27.7 Å². The molecule has 1 aliphatic heterocycles. The van der Waals surface area contributed by atoms with E-state index in [1.54, 1.807) is 50.6 Å². The molecule has 3 rings (SSSR count). The van der Waals surface area contributed by atoms with Gasteiger partial charge in [0.1, 0.15) is 11.5 Å². The topological polar surface area (TPSA) is 52.6 Å². The zero-order valence-electron chi connectivity index (χ0n) is 17.9. The molecule has 0 fully saturated rings. The zero-order valence-corrected chi connectivity index (χ0v) is 19.5. The van der Waals surface area contributed by atoms with Crippen molar-refractivity contribution in [2.45, 2.75) is 37.5 Å². The highest BCUT2D eigenvalue weighted by molar-refractivity contribution is 8.76. The van der Waals surface area contributed by atoms with Gasteiger partial charge in [0.05, 0.1) is 14.2 Å². The summed E-state index contributed by atoms with van der Waals surface area (Å²) in [6.45, 7) is 7.59. The van der Waals surface area contributed by atoms with Gasteiger partial charge in [0, 0.05) is 32.0 Å². The summed E-state index contributed by atoms with van der Waals surface area (Å²) in [5.41, 5.74) is 4.66. The van der Waals surface area contributed by atoms with E-state index in [4.69, 9.17) is 9.47 Å². The fraction of sp³-hybridized carbons (Fsp3) is 0.250. The SMILES string of the molecule is COc1ccc(C(=O)C=C(C)C)c2c1-c1c(OC)ccc(C(=O)C=C(C)C)c1SS2. The Labute approximate surface area is 185 Å². The molecule has 1 heterocycles. The highest BCUT2D eigenvalue weighted by atomic mass is 33.1. The first-order valence-electron chi connectivity index (χ1n) is 9.43. The Hall–Kier alpha value is -2.44. The van der Waals surface area contributed by atoms with Crippen molar-refractivity contribution in [2.24, 2.45) is 0 Å². The van der Waals surface area contributed by atoms with Gasteiger partial charge in [0.15, 0.2) is 11.6 Å². The average Bonchev–Trinajstić information content (AvgIpc) is 2.70. The summed E-state index contributed by atoms with van der Waals surface area (Å²) in [4.78, 5) is 27.4. The molecule has 0 amide bonds. The first-order valence-corrected chi connectivity index (χ1v) is 11.6. The van der Waals surface area contributed by atoms with Crippen LogP contribution in [-0.4, -0.2) is 25.8 Å². The second kappa shape index (κ2) is 9.14. The van der Waals surface area contributed by atoms with E-state index in [0.29, 0.717) is 22.6 Å². The Balaban J connectivity index is 2.34. The summed E-state index contributed by atoms with van der Waals surface area (Å²) in [6, 6.07) is 7.19. The molecule has 0 spiro atoms. The van der Waals surface area contributed by atoms with E-state index in [-0.39, 0.29) is 11.6 Å². The highest BCUT2D eigenvalue weighted by Crippen LogP contribution is 2.59. The maximum absolute atomic E-state index is 12.9. The van der Waals surface area contributed by atoms with Gasteiger partial charge in [-0.15, -0.1) is 0 Å². The number of methoxy groups -OCH3 is 2. The number of rotatable bonds is 6. The maximum atomic E-state index is 12.9. The second-order valence-corrected chi connectivity index (χ2v) is 9.53. The Bertz CT molecular complexity index is 1000. The van der Waals surface area contributed by atoms with E-state index >= 15 is 0 Å². The third-order valence-electron chi connectivity index (χ3n) is 4.51. The zero-order chi connectivity index (χ0) is 22.0. The number of hydrogen-bond acceptors (Lipinski definition) is 6. The van der Waals surface area contributed by atoms with Crippen LogP contribution in [0.15, 0.2) is 57.4 Å². The molecule has 0 aliphatic carbocycles. The number of carbonyl (C=O) groups is 2. The van der Waals surface area contributed by atoms with Crippen molar-refractivity contribution < 1.29 is 19.1 Å². The van der Waals surface area contributed by atoms with Crippen LogP contribution in [0.4, 0.5) is 0 Å². The lowest BCUT2D eigenvalue weighted by Crippen LogP contribution is -2.07. The summed E-state index contributed by atoms with van der Waals surface area (Å²) in [7, 11) is 6.14. The maximum Gasteiger partial charge on any atom is 0.186 e. The van der Waals surface area contributed by atoms with Crippen molar-refractivity contribution in [3.05, 3.63) is 58.7 Å². The van der Waals surface area contributed by atoms with Crippen molar-refractivity contribution in [3.63, 3.8) is 0 Å². The summed E-state index contributed by atoms with van der Waals surface area (Å²) in [6.07, 6.45) is 3.27. The molecule has 2 aromatic carbocycles.